The number of aliphatic hydroxyl groups excluding tert-OH is 1. The largest absolute Gasteiger partial charge is 0.395 e. The predicted molar refractivity (Wildman–Crippen MR) is 83.0 cm³/mol. The number of benzene rings is 2. The van der Waals surface area contributed by atoms with Crippen LogP contribution in [0.25, 0.3) is 10.8 Å². The fourth-order valence-electron chi connectivity index (χ4n) is 2.47. The third-order valence-electron chi connectivity index (χ3n) is 3.49. The van der Waals surface area contributed by atoms with Crippen LogP contribution in [0.15, 0.2) is 36.4 Å². The van der Waals surface area contributed by atoms with Gasteiger partial charge in [0.25, 0.3) is 0 Å². The Labute approximate surface area is 119 Å². The Kier molecular flexibility index (Phi) is 5.35. The van der Waals surface area contributed by atoms with Crippen LogP contribution in [0.3, 0.4) is 0 Å². The highest BCUT2D eigenvalue weighted by molar-refractivity contribution is 5.96. The number of hydrogen-bond acceptors (Lipinski definition) is 4. The minimum Gasteiger partial charge on any atom is -0.395 e. The van der Waals surface area contributed by atoms with Crippen LogP contribution in [-0.4, -0.2) is 38.5 Å². The number of aliphatic hydroxyl groups is 1. The molecule has 4 heteroatoms. The SMILES string of the molecule is COCCN(CCO)c1ccc(CN)c2ccccc12. The van der Waals surface area contributed by atoms with Crippen molar-refractivity contribution in [1.82, 2.24) is 0 Å². The topological polar surface area (TPSA) is 58.7 Å². The van der Waals surface area contributed by atoms with E-state index in [1.807, 2.05) is 12.1 Å². The molecule has 0 atom stereocenters. The summed E-state index contributed by atoms with van der Waals surface area (Å²) in [4.78, 5) is 2.14. The highest BCUT2D eigenvalue weighted by Crippen LogP contribution is 2.29. The number of rotatable bonds is 7. The van der Waals surface area contributed by atoms with E-state index in [9.17, 15) is 5.11 Å². The molecule has 0 fully saturated rings. The van der Waals surface area contributed by atoms with Gasteiger partial charge in [-0.1, -0.05) is 30.3 Å². The van der Waals surface area contributed by atoms with Crippen LogP contribution in [0.4, 0.5) is 5.69 Å². The Balaban J connectivity index is 2.46. The van der Waals surface area contributed by atoms with Gasteiger partial charge in [-0.2, -0.15) is 0 Å². The molecule has 2 aromatic rings. The number of anilines is 1. The zero-order valence-corrected chi connectivity index (χ0v) is 11.9. The molecular weight excluding hydrogens is 252 g/mol. The molecule has 0 amide bonds. The number of nitrogens with two attached hydrogens (primary N) is 1. The highest BCUT2D eigenvalue weighted by atomic mass is 16.5. The van der Waals surface area contributed by atoms with Crippen LogP contribution in [0.2, 0.25) is 0 Å². The van der Waals surface area contributed by atoms with Gasteiger partial charge in [-0.25, -0.2) is 0 Å². The molecule has 0 heterocycles. The fourth-order valence-corrected chi connectivity index (χ4v) is 2.47. The molecule has 0 spiro atoms. The van der Waals surface area contributed by atoms with Gasteiger partial charge < -0.3 is 20.5 Å². The molecule has 0 saturated carbocycles. The van der Waals surface area contributed by atoms with Gasteiger partial charge in [-0.15, -0.1) is 0 Å². The van der Waals surface area contributed by atoms with Crippen molar-refractivity contribution in [3.63, 3.8) is 0 Å². The molecule has 0 saturated heterocycles. The second-order valence-corrected chi connectivity index (χ2v) is 4.70. The van der Waals surface area contributed by atoms with Crippen molar-refractivity contribution < 1.29 is 9.84 Å². The summed E-state index contributed by atoms with van der Waals surface area (Å²) in [6.45, 7) is 2.63. The van der Waals surface area contributed by atoms with E-state index in [1.54, 1.807) is 7.11 Å². The van der Waals surface area contributed by atoms with Gasteiger partial charge in [-0.3, -0.25) is 0 Å². The van der Waals surface area contributed by atoms with Gasteiger partial charge in [0.1, 0.15) is 0 Å². The van der Waals surface area contributed by atoms with Gasteiger partial charge in [0, 0.05) is 37.8 Å². The monoisotopic (exact) mass is 274 g/mol. The van der Waals surface area contributed by atoms with Crippen LogP contribution in [0, 0.1) is 0 Å². The van der Waals surface area contributed by atoms with Gasteiger partial charge in [0.05, 0.1) is 13.2 Å². The summed E-state index contributed by atoms with van der Waals surface area (Å²) in [6, 6.07) is 12.4. The summed E-state index contributed by atoms with van der Waals surface area (Å²) in [6.07, 6.45) is 0. The van der Waals surface area contributed by atoms with Crippen molar-refractivity contribution in [2.45, 2.75) is 6.54 Å². The molecule has 0 unspecified atom stereocenters. The van der Waals surface area contributed by atoms with Crippen molar-refractivity contribution in [1.29, 1.82) is 0 Å². The minimum atomic E-state index is 0.122. The fraction of sp³-hybridized carbons (Fsp3) is 0.375. The van der Waals surface area contributed by atoms with Gasteiger partial charge in [-0.05, 0) is 17.0 Å². The van der Waals surface area contributed by atoms with Crippen LogP contribution >= 0.6 is 0 Å². The van der Waals surface area contributed by atoms with Crippen molar-refractivity contribution in [2.75, 3.05) is 38.3 Å². The second-order valence-electron chi connectivity index (χ2n) is 4.70. The van der Waals surface area contributed by atoms with Crippen LogP contribution in [-0.2, 0) is 11.3 Å². The first-order valence-electron chi connectivity index (χ1n) is 6.87. The maximum absolute atomic E-state index is 9.27. The zero-order valence-electron chi connectivity index (χ0n) is 11.9. The van der Waals surface area contributed by atoms with Crippen molar-refractivity contribution >= 4 is 16.5 Å². The Morgan fingerprint density at radius 2 is 1.85 bits per heavy atom. The average Bonchev–Trinajstić information content (AvgIpc) is 2.50. The normalized spacial score (nSPS) is 10.9. The maximum Gasteiger partial charge on any atom is 0.0637 e. The molecule has 2 aromatic carbocycles. The molecule has 108 valence electrons. The van der Waals surface area contributed by atoms with E-state index in [1.165, 1.54) is 10.8 Å². The smallest absolute Gasteiger partial charge is 0.0637 e. The molecule has 0 aliphatic rings. The number of ether oxygens (including phenoxy) is 1. The van der Waals surface area contributed by atoms with E-state index < -0.39 is 0 Å². The van der Waals surface area contributed by atoms with Gasteiger partial charge in [0.15, 0.2) is 0 Å². The summed E-state index contributed by atoms with van der Waals surface area (Å²) in [5.74, 6) is 0. The Morgan fingerprint density at radius 1 is 1.10 bits per heavy atom. The summed E-state index contributed by atoms with van der Waals surface area (Å²) in [5, 5.41) is 11.6. The lowest BCUT2D eigenvalue weighted by atomic mass is 10.0. The number of hydrogen-bond donors (Lipinski definition) is 2. The molecule has 0 radical (unpaired) electrons. The molecule has 0 aromatic heterocycles. The molecule has 4 nitrogen and oxygen atoms in total. The van der Waals surface area contributed by atoms with Crippen molar-refractivity contribution in [3.05, 3.63) is 42.0 Å². The molecule has 2 rings (SSSR count). The highest BCUT2D eigenvalue weighted by Gasteiger charge is 2.11. The van der Waals surface area contributed by atoms with Crippen LogP contribution in [0.1, 0.15) is 5.56 Å². The standard InChI is InChI=1S/C16H22N2O2/c1-20-11-9-18(8-10-19)16-7-6-13(12-17)14-4-2-3-5-15(14)16/h2-7,19H,8-12,17H2,1H3. The zero-order chi connectivity index (χ0) is 14.4. The number of nitrogens with zero attached hydrogens (tertiary/aromatic N) is 1. The number of fused-ring (bicyclic) bond motifs is 1. The average molecular weight is 274 g/mol. The summed E-state index contributed by atoms with van der Waals surface area (Å²) in [7, 11) is 1.69. The minimum absolute atomic E-state index is 0.122. The third kappa shape index (κ3) is 3.10. The third-order valence-corrected chi connectivity index (χ3v) is 3.49. The maximum atomic E-state index is 9.27. The second kappa shape index (κ2) is 7.24. The van der Waals surface area contributed by atoms with E-state index in [-0.39, 0.29) is 6.61 Å². The van der Waals surface area contributed by atoms with E-state index >= 15 is 0 Å². The Morgan fingerprint density at radius 3 is 2.50 bits per heavy atom. The van der Waals surface area contributed by atoms with E-state index in [0.717, 1.165) is 17.8 Å². The first kappa shape index (κ1) is 14.8. The number of methoxy groups -OCH3 is 1. The van der Waals surface area contributed by atoms with Gasteiger partial charge >= 0.3 is 0 Å². The van der Waals surface area contributed by atoms with Crippen molar-refractivity contribution in [2.24, 2.45) is 5.73 Å². The summed E-state index contributed by atoms with van der Waals surface area (Å²) < 4.78 is 5.15. The quantitative estimate of drug-likeness (QED) is 0.807. The first-order chi connectivity index (χ1) is 9.81. The molecular formula is C16H22N2O2. The van der Waals surface area contributed by atoms with Crippen LogP contribution in [0.5, 0.6) is 0 Å². The molecule has 20 heavy (non-hydrogen) atoms. The first-order valence-corrected chi connectivity index (χ1v) is 6.87. The molecule has 3 N–H and O–H groups in total. The lowest BCUT2D eigenvalue weighted by molar-refractivity contribution is 0.203. The lowest BCUT2D eigenvalue weighted by Crippen LogP contribution is -2.30. The molecule has 0 bridgehead atoms. The molecule has 0 aliphatic carbocycles. The lowest BCUT2D eigenvalue weighted by Gasteiger charge is -2.25. The van der Waals surface area contributed by atoms with Crippen LogP contribution < -0.4 is 10.6 Å². The predicted octanol–water partition coefficient (Wildman–Crippen LogP) is 1.74. The Hall–Kier alpha value is -1.62. The summed E-state index contributed by atoms with van der Waals surface area (Å²) >= 11 is 0. The summed E-state index contributed by atoms with van der Waals surface area (Å²) in [5.41, 5.74) is 8.06. The van der Waals surface area contributed by atoms with E-state index in [0.29, 0.717) is 19.7 Å². The Bertz CT molecular complexity index is 557. The molecule has 0 aliphatic heterocycles. The van der Waals surface area contributed by atoms with Gasteiger partial charge in [0.2, 0.25) is 0 Å². The van der Waals surface area contributed by atoms with E-state index in [2.05, 4.69) is 29.2 Å². The van der Waals surface area contributed by atoms with Crippen molar-refractivity contribution in [3.8, 4) is 0 Å². The van der Waals surface area contributed by atoms with E-state index in [4.69, 9.17) is 10.5 Å².